The number of carbonyl (C=O) groups excluding carboxylic acids is 2. The molecule has 9 nitrogen and oxygen atoms in total. The van der Waals surface area contributed by atoms with Crippen LogP contribution >= 0.6 is 0 Å². The van der Waals surface area contributed by atoms with Crippen LogP contribution in [0.2, 0.25) is 0 Å². The molecule has 1 unspecified atom stereocenters. The average Bonchev–Trinajstić information content (AvgIpc) is 3.49. The molecule has 2 amide bonds. The van der Waals surface area contributed by atoms with Gasteiger partial charge in [0.1, 0.15) is 13.5 Å². The molecule has 0 aromatic carbocycles. The van der Waals surface area contributed by atoms with Gasteiger partial charge in [-0.05, 0) is 43.4 Å². The molecule has 0 saturated carbocycles. The van der Waals surface area contributed by atoms with Crippen LogP contribution in [-0.2, 0) is 4.79 Å². The number of nitrogens with zero attached hydrogens (tertiary/aromatic N) is 4. The number of hydrogen-bond donors (Lipinski definition) is 3. The van der Waals surface area contributed by atoms with Crippen molar-refractivity contribution < 1.29 is 9.59 Å². The first-order chi connectivity index (χ1) is 16.5. The SMILES string of the molecule is Bc1cnc2[nH]cc(NC(=O)c3cncc(C)c3)c2c1N1CCN(C(=O)CC2CCCN2)CC1. The van der Waals surface area contributed by atoms with Gasteiger partial charge in [0.25, 0.3) is 5.91 Å². The lowest BCUT2D eigenvalue weighted by atomic mass is 9.93. The number of rotatable bonds is 5. The second-order valence-corrected chi connectivity index (χ2v) is 9.29. The van der Waals surface area contributed by atoms with Crippen molar-refractivity contribution in [3.05, 3.63) is 42.0 Å². The Labute approximate surface area is 199 Å². The summed E-state index contributed by atoms with van der Waals surface area (Å²) in [7, 11) is 2.04. The summed E-state index contributed by atoms with van der Waals surface area (Å²) in [5.74, 6) is 0.0255. The van der Waals surface area contributed by atoms with Crippen LogP contribution in [0, 0.1) is 6.92 Å². The highest BCUT2D eigenvalue weighted by molar-refractivity contribution is 6.38. The summed E-state index contributed by atoms with van der Waals surface area (Å²) in [6.45, 7) is 5.79. The molecule has 34 heavy (non-hydrogen) atoms. The maximum atomic E-state index is 12.9. The second-order valence-electron chi connectivity index (χ2n) is 9.29. The maximum Gasteiger partial charge on any atom is 0.257 e. The van der Waals surface area contributed by atoms with Crippen LogP contribution in [0.3, 0.4) is 0 Å². The Morgan fingerprint density at radius 1 is 1.21 bits per heavy atom. The molecule has 0 bridgehead atoms. The molecule has 0 spiro atoms. The Morgan fingerprint density at radius 3 is 2.76 bits per heavy atom. The Balaban J connectivity index is 1.34. The van der Waals surface area contributed by atoms with E-state index < -0.39 is 0 Å². The van der Waals surface area contributed by atoms with Crippen molar-refractivity contribution in [1.29, 1.82) is 0 Å². The fraction of sp³-hybridized carbons (Fsp3) is 0.417. The monoisotopic (exact) mass is 459 g/mol. The molecule has 3 aromatic rings. The number of aryl methyl sites for hydroxylation is 1. The zero-order chi connectivity index (χ0) is 23.7. The highest BCUT2D eigenvalue weighted by Crippen LogP contribution is 2.31. The van der Waals surface area contributed by atoms with Crippen LogP contribution in [0.5, 0.6) is 0 Å². The fourth-order valence-electron chi connectivity index (χ4n) is 5.00. The summed E-state index contributed by atoms with van der Waals surface area (Å²) in [6.07, 6.45) is 9.75. The quantitative estimate of drug-likeness (QED) is 0.482. The summed E-state index contributed by atoms with van der Waals surface area (Å²) in [4.78, 5) is 41.8. The summed E-state index contributed by atoms with van der Waals surface area (Å²) in [6, 6.07) is 2.14. The van der Waals surface area contributed by atoms with Gasteiger partial charge in [0.2, 0.25) is 5.91 Å². The number of hydrogen-bond acceptors (Lipinski definition) is 6. The largest absolute Gasteiger partial charge is 0.368 e. The number of anilines is 2. The molecule has 5 rings (SSSR count). The molecule has 10 heteroatoms. The van der Waals surface area contributed by atoms with Crippen molar-refractivity contribution in [3.63, 3.8) is 0 Å². The van der Waals surface area contributed by atoms with E-state index in [1.165, 1.54) is 0 Å². The number of aromatic nitrogens is 3. The van der Waals surface area contributed by atoms with E-state index in [0.717, 1.165) is 60.2 Å². The zero-order valence-corrected chi connectivity index (χ0v) is 19.7. The minimum Gasteiger partial charge on any atom is -0.368 e. The van der Waals surface area contributed by atoms with Crippen molar-refractivity contribution in [2.24, 2.45) is 0 Å². The van der Waals surface area contributed by atoms with Crippen LogP contribution in [0.4, 0.5) is 11.4 Å². The number of nitrogens with one attached hydrogen (secondary N) is 3. The van der Waals surface area contributed by atoms with Gasteiger partial charge in [-0.2, -0.15) is 0 Å². The Hall–Kier alpha value is -3.40. The van der Waals surface area contributed by atoms with E-state index in [1.807, 2.05) is 31.9 Å². The molecule has 0 radical (unpaired) electrons. The molecule has 2 fully saturated rings. The van der Waals surface area contributed by atoms with E-state index >= 15 is 0 Å². The lowest BCUT2D eigenvalue weighted by Crippen LogP contribution is -2.50. The van der Waals surface area contributed by atoms with Gasteiger partial charge in [-0.25, -0.2) is 4.98 Å². The van der Waals surface area contributed by atoms with Gasteiger partial charge in [0.15, 0.2) is 0 Å². The van der Waals surface area contributed by atoms with Gasteiger partial charge >= 0.3 is 0 Å². The van der Waals surface area contributed by atoms with E-state index in [2.05, 4.69) is 30.5 Å². The van der Waals surface area contributed by atoms with Gasteiger partial charge in [-0.15, -0.1) is 0 Å². The number of piperazine rings is 1. The molecule has 176 valence electrons. The number of fused-ring (bicyclic) bond motifs is 1. The summed E-state index contributed by atoms with van der Waals surface area (Å²) < 4.78 is 0. The molecule has 3 N–H and O–H groups in total. The van der Waals surface area contributed by atoms with E-state index in [0.29, 0.717) is 36.8 Å². The van der Waals surface area contributed by atoms with Gasteiger partial charge in [-0.1, -0.05) is 0 Å². The van der Waals surface area contributed by atoms with Crippen LogP contribution in [0.25, 0.3) is 11.0 Å². The predicted octanol–water partition coefficient (Wildman–Crippen LogP) is 0.568. The van der Waals surface area contributed by atoms with E-state index in [1.54, 1.807) is 18.6 Å². The van der Waals surface area contributed by atoms with Gasteiger partial charge < -0.3 is 25.4 Å². The van der Waals surface area contributed by atoms with E-state index in [4.69, 9.17) is 0 Å². The topological polar surface area (TPSA) is 106 Å². The van der Waals surface area contributed by atoms with Crippen molar-refractivity contribution in [3.8, 4) is 0 Å². The fourth-order valence-corrected chi connectivity index (χ4v) is 5.00. The highest BCUT2D eigenvalue weighted by atomic mass is 16.2. The lowest BCUT2D eigenvalue weighted by Gasteiger charge is -2.37. The molecule has 5 heterocycles. The van der Waals surface area contributed by atoms with Gasteiger partial charge in [-0.3, -0.25) is 14.6 Å². The molecule has 2 saturated heterocycles. The third-order valence-corrected chi connectivity index (χ3v) is 6.77. The highest BCUT2D eigenvalue weighted by Gasteiger charge is 2.27. The smallest absolute Gasteiger partial charge is 0.257 e. The lowest BCUT2D eigenvalue weighted by molar-refractivity contribution is -0.131. The van der Waals surface area contributed by atoms with Crippen LogP contribution in [0.1, 0.15) is 35.2 Å². The number of pyridine rings is 2. The van der Waals surface area contributed by atoms with Crippen LogP contribution < -0.4 is 21.0 Å². The van der Waals surface area contributed by atoms with Crippen molar-refractivity contribution in [2.75, 3.05) is 42.9 Å². The summed E-state index contributed by atoms with van der Waals surface area (Å²) >= 11 is 0. The first-order valence-corrected chi connectivity index (χ1v) is 12.0. The van der Waals surface area contributed by atoms with Gasteiger partial charge in [0, 0.05) is 69.1 Å². The Kier molecular flexibility index (Phi) is 6.23. The van der Waals surface area contributed by atoms with Crippen molar-refractivity contribution >= 4 is 47.5 Å². The molecule has 2 aliphatic rings. The third kappa shape index (κ3) is 4.50. The molecular weight excluding hydrogens is 429 g/mol. The Morgan fingerprint density at radius 2 is 2.03 bits per heavy atom. The summed E-state index contributed by atoms with van der Waals surface area (Å²) in [5, 5.41) is 7.34. The zero-order valence-electron chi connectivity index (χ0n) is 19.7. The number of carbonyl (C=O) groups is 2. The first-order valence-electron chi connectivity index (χ1n) is 12.0. The van der Waals surface area contributed by atoms with E-state index in [-0.39, 0.29) is 11.8 Å². The maximum absolute atomic E-state index is 12.9. The average molecular weight is 459 g/mol. The van der Waals surface area contributed by atoms with Crippen molar-refractivity contribution in [2.45, 2.75) is 32.2 Å². The molecule has 3 aromatic heterocycles. The van der Waals surface area contributed by atoms with Crippen molar-refractivity contribution in [1.82, 2.24) is 25.2 Å². The minimum absolute atomic E-state index is 0.208. The molecule has 1 atom stereocenters. The summed E-state index contributed by atoms with van der Waals surface area (Å²) in [5.41, 5.74) is 4.95. The molecule has 0 aliphatic carbocycles. The minimum atomic E-state index is -0.208. The standard InChI is InChI=1S/C24H30BN7O2/c1-15-9-16(12-26-11-15)24(34)30-19-14-29-23-21(19)22(18(25)13-28-23)32-7-5-31(6-8-32)20(33)10-17-3-2-4-27-17/h9,11-14,17,27H,2-8,10,25H2,1H3,(H,28,29)(H,30,34). The van der Waals surface area contributed by atoms with Crippen LogP contribution in [0.15, 0.2) is 30.9 Å². The van der Waals surface area contributed by atoms with E-state index in [9.17, 15) is 9.59 Å². The predicted molar refractivity (Wildman–Crippen MR) is 136 cm³/mol. The number of H-pyrrole nitrogens is 1. The normalized spacial score (nSPS) is 18.4. The second kappa shape index (κ2) is 9.46. The molecular formula is C24H30BN7O2. The van der Waals surface area contributed by atoms with Gasteiger partial charge in [0.05, 0.1) is 16.6 Å². The first kappa shape index (κ1) is 22.4. The van der Waals surface area contributed by atoms with Crippen LogP contribution in [-0.4, -0.2) is 78.3 Å². The Bertz CT molecular complexity index is 1210. The molecule has 2 aliphatic heterocycles. The number of aromatic amines is 1. The number of amides is 2. The third-order valence-electron chi connectivity index (χ3n) is 6.77.